The van der Waals surface area contributed by atoms with Crippen LogP contribution in [0.15, 0.2) is 12.2 Å². The Balaban J connectivity index is 1.91. The fraction of sp³-hybridized carbons (Fsp3) is 0.750. The largest absolute Gasteiger partial charge is 0.480 e. The van der Waals surface area contributed by atoms with E-state index in [9.17, 15) is 9.90 Å². The average Bonchev–Trinajstić information content (AvgIpc) is 2.38. The van der Waals surface area contributed by atoms with E-state index in [-0.39, 0.29) is 6.04 Å². The van der Waals surface area contributed by atoms with Crippen LogP contribution in [0.2, 0.25) is 0 Å². The van der Waals surface area contributed by atoms with E-state index in [1.54, 1.807) is 0 Å². The molecule has 2 unspecified atom stereocenters. The van der Waals surface area contributed by atoms with Gasteiger partial charge in [-0.1, -0.05) is 12.2 Å². The number of carboxylic acids is 1. The van der Waals surface area contributed by atoms with E-state index in [2.05, 4.69) is 22.4 Å². The summed E-state index contributed by atoms with van der Waals surface area (Å²) in [5.74, 6) is 1.44. The summed E-state index contributed by atoms with van der Waals surface area (Å²) in [5.41, 5.74) is 0. The summed E-state index contributed by atoms with van der Waals surface area (Å²) in [4.78, 5) is 13.5. The Kier molecular flexibility index (Phi) is 4.88. The van der Waals surface area contributed by atoms with Crippen LogP contribution in [0.25, 0.3) is 0 Å². The Morgan fingerprint density at radius 1 is 1.47 bits per heavy atom. The highest BCUT2D eigenvalue weighted by atomic mass is 32.2. The molecule has 0 bridgehead atoms. The van der Waals surface area contributed by atoms with Crippen LogP contribution in [0, 0.1) is 0 Å². The highest BCUT2D eigenvalue weighted by Crippen LogP contribution is 2.17. The second-order valence-corrected chi connectivity index (χ2v) is 5.78. The van der Waals surface area contributed by atoms with Crippen molar-refractivity contribution in [2.45, 2.75) is 24.9 Å². The second-order valence-electron chi connectivity index (χ2n) is 4.55. The molecule has 0 aromatic rings. The minimum atomic E-state index is -0.673. The van der Waals surface area contributed by atoms with Gasteiger partial charge in [0.15, 0.2) is 0 Å². The minimum absolute atomic E-state index is 0.315. The van der Waals surface area contributed by atoms with E-state index in [1.807, 2.05) is 11.8 Å². The van der Waals surface area contributed by atoms with E-state index in [4.69, 9.17) is 0 Å². The molecule has 2 heterocycles. The number of thioether (sulfide) groups is 1. The number of hydrogen-bond acceptors (Lipinski definition) is 4. The lowest BCUT2D eigenvalue weighted by atomic mass is 10.0. The Bertz CT molecular complexity index is 290. The molecule has 0 aromatic carbocycles. The van der Waals surface area contributed by atoms with Gasteiger partial charge < -0.3 is 10.4 Å². The van der Waals surface area contributed by atoms with Gasteiger partial charge in [-0.25, -0.2) is 0 Å². The van der Waals surface area contributed by atoms with Crippen LogP contribution in [0.4, 0.5) is 0 Å². The Hall–Kier alpha value is -0.520. The lowest BCUT2D eigenvalue weighted by Crippen LogP contribution is -2.49. The summed E-state index contributed by atoms with van der Waals surface area (Å²) in [6, 6.07) is -0.00409. The molecule has 1 fully saturated rings. The van der Waals surface area contributed by atoms with Crippen LogP contribution in [0.5, 0.6) is 0 Å². The third kappa shape index (κ3) is 3.72. The normalized spacial score (nSPS) is 27.9. The predicted octanol–water partition coefficient (Wildman–Crippen LogP) is 0.797. The number of nitrogens with one attached hydrogen (secondary N) is 1. The first-order valence-electron chi connectivity index (χ1n) is 6.20. The Labute approximate surface area is 106 Å². The van der Waals surface area contributed by atoms with Gasteiger partial charge in [0.1, 0.15) is 6.04 Å². The maximum absolute atomic E-state index is 11.4. The van der Waals surface area contributed by atoms with E-state index in [0.29, 0.717) is 12.5 Å². The number of rotatable bonds is 4. The lowest BCUT2D eigenvalue weighted by Gasteiger charge is -2.34. The van der Waals surface area contributed by atoms with Crippen LogP contribution >= 0.6 is 11.8 Å². The number of hydrogen-bond donors (Lipinski definition) is 2. The van der Waals surface area contributed by atoms with Gasteiger partial charge in [-0.2, -0.15) is 11.8 Å². The van der Waals surface area contributed by atoms with Crippen molar-refractivity contribution in [2.24, 2.45) is 0 Å². The smallest absolute Gasteiger partial charge is 0.320 e. The minimum Gasteiger partial charge on any atom is -0.480 e. The van der Waals surface area contributed by atoms with Gasteiger partial charge >= 0.3 is 5.97 Å². The maximum atomic E-state index is 11.4. The van der Waals surface area contributed by atoms with Crippen molar-refractivity contribution in [3.63, 3.8) is 0 Å². The molecule has 2 atom stereocenters. The van der Waals surface area contributed by atoms with E-state index >= 15 is 0 Å². The van der Waals surface area contributed by atoms with E-state index < -0.39 is 5.97 Å². The highest BCUT2D eigenvalue weighted by Gasteiger charge is 2.29. The predicted molar refractivity (Wildman–Crippen MR) is 70.5 cm³/mol. The molecule has 1 saturated heterocycles. The summed E-state index contributed by atoms with van der Waals surface area (Å²) < 4.78 is 0. The third-order valence-electron chi connectivity index (χ3n) is 3.39. The van der Waals surface area contributed by atoms with Gasteiger partial charge in [0.2, 0.25) is 0 Å². The van der Waals surface area contributed by atoms with E-state index in [1.165, 1.54) is 0 Å². The van der Waals surface area contributed by atoms with Gasteiger partial charge in [-0.15, -0.1) is 0 Å². The maximum Gasteiger partial charge on any atom is 0.320 e. The zero-order valence-electron chi connectivity index (χ0n) is 9.97. The fourth-order valence-corrected chi connectivity index (χ4v) is 3.34. The first-order chi connectivity index (χ1) is 8.27. The molecule has 5 heteroatoms. The van der Waals surface area contributed by atoms with Gasteiger partial charge in [0, 0.05) is 37.2 Å². The molecule has 96 valence electrons. The molecule has 2 N–H and O–H groups in total. The van der Waals surface area contributed by atoms with Crippen molar-refractivity contribution in [2.75, 3.05) is 31.1 Å². The lowest BCUT2D eigenvalue weighted by molar-refractivity contribution is -0.143. The monoisotopic (exact) mass is 256 g/mol. The molecule has 0 spiro atoms. The first-order valence-corrected chi connectivity index (χ1v) is 7.36. The number of carbonyl (C=O) groups is 1. The van der Waals surface area contributed by atoms with Gasteiger partial charge in [-0.05, 0) is 12.8 Å². The second kappa shape index (κ2) is 6.42. The zero-order chi connectivity index (χ0) is 12.1. The number of carboxylic acid groups (broad SMARTS) is 1. The standard InChI is InChI=1S/C12H20N2O2S/c15-12(16)11(14-5-7-17-8-6-14)9-10-3-1-2-4-13-10/h1-2,10-11,13H,3-9H2,(H,15,16). The zero-order valence-corrected chi connectivity index (χ0v) is 10.8. The SMILES string of the molecule is O=C(O)C(CC1CC=CCN1)N1CCSCC1. The van der Waals surface area contributed by atoms with Gasteiger partial charge in [0.05, 0.1) is 0 Å². The van der Waals surface area contributed by atoms with Crippen molar-refractivity contribution < 1.29 is 9.90 Å². The van der Waals surface area contributed by atoms with Crippen molar-refractivity contribution in [3.8, 4) is 0 Å². The summed E-state index contributed by atoms with van der Waals surface area (Å²) in [7, 11) is 0. The number of nitrogens with zero attached hydrogens (tertiary/aromatic N) is 1. The van der Waals surface area contributed by atoms with Crippen LogP contribution in [-0.4, -0.2) is 59.2 Å². The van der Waals surface area contributed by atoms with Gasteiger partial charge in [0.25, 0.3) is 0 Å². The highest BCUT2D eigenvalue weighted by molar-refractivity contribution is 7.99. The topological polar surface area (TPSA) is 52.6 Å². The molecule has 17 heavy (non-hydrogen) atoms. The first kappa shape index (κ1) is 12.9. The van der Waals surface area contributed by atoms with Crippen molar-refractivity contribution in [3.05, 3.63) is 12.2 Å². The summed E-state index contributed by atoms with van der Waals surface area (Å²) in [6.45, 7) is 2.68. The number of aliphatic carboxylic acids is 1. The molecule has 0 aliphatic carbocycles. The summed E-state index contributed by atoms with van der Waals surface area (Å²) in [6.07, 6.45) is 5.91. The summed E-state index contributed by atoms with van der Waals surface area (Å²) in [5, 5.41) is 12.7. The van der Waals surface area contributed by atoms with Crippen molar-refractivity contribution in [1.82, 2.24) is 10.2 Å². The van der Waals surface area contributed by atoms with Gasteiger partial charge in [-0.3, -0.25) is 9.69 Å². The van der Waals surface area contributed by atoms with Crippen LogP contribution in [0.1, 0.15) is 12.8 Å². The van der Waals surface area contributed by atoms with E-state index in [0.717, 1.165) is 37.6 Å². The average molecular weight is 256 g/mol. The molecule has 0 radical (unpaired) electrons. The molecule has 4 nitrogen and oxygen atoms in total. The molecule has 0 aromatic heterocycles. The van der Waals surface area contributed by atoms with Crippen LogP contribution in [0.3, 0.4) is 0 Å². The molecule has 2 aliphatic heterocycles. The molecule has 2 aliphatic rings. The Morgan fingerprint density at radius 2 is 2.24 bits per heavy atom. The van der Waals surface area contributed by atoms with Crippen LogP contribution < -0.4 is 5.32 Å². The molecule has 2 rings (SSSR count). The quantitative estimate of drug-likeness (QED) is 0.729. The molecule has 0 saturated carbocycles. The van der Waals surface area contributed by atoms with Crippen LogP contribution in [-0.2, 0) is 4.79 Å². The van der Waals surface area contributed by atoms with Crippen molar-refractivity contribution in [1.29, 1.82) is 0 Å². The molecular weight excluding hydrogens is 236 g/mol. The fourth-order valence-electron chi connectivity index (χ4n) is 2.41. The third-order valence-corrected chi connectivity index (χ3v) is 4.33. The Morgan fingerprint density at radius 3 is 2.82 bits per heavy atom. The summed E-state index contributed by atoms with van der Waals surface area (Å²) >= 11 is 1.91. The molecule has 0 amide bonds. The molecular formula is C12H20N2O2S. The van der Waals surface area contributed by atoms with Crippen molar-refractivity contribution >= 4 is 17.7 Å².